The van der Waals surface area contributed by atoms with E-state index < -0.39 is 0 Å². The third kappa shape index (κ3) is 1.56. The molecule has 0 amide bonds. The lowest BCUT2D eigenvalue weighted by atomic mass is 10.2. The van der Waals surface area contributed by atoms with Gasteiger partial charge in [0.15, 0.2) is 5.65 Å². The van der Waals surface area contributed by atoms with Gasteiger partial charge in [-0.05, 0) is 20.4 Å². The summed E-state index contributed by atoms with van der Waals surface area (Å²) in [5.74, 6) is 0.519. The first-order valence-electron chi connectivity index (χ1n) is 5.80. The van der Waals surface area contributed by atoms with E-state index in [1.54, 1.807) is 0 Å². The van der Waals surface area contributed by atoms with Crippen LogP contribution in [-0.4, -0.2) is 44.8 Å². The van der Waals surface area contributed by atoms with E-state index in [0.29, 0.717) is 11.9 Å². The van der Waals surface area contributed by atoms with E-state index in [4.69, 9.17) is 5.73 Å². The fourth-order valence-electron chi connectivity index (χ4n) is 2.54. The van der Waals surface area contributed by atoms with Crippen molar-refractivity contribution in [2.45, 2.75) is 19.4 Å². The predicted octanol–water partition coefficient (Wildman–Crippen LogP) is 0.594. The topological polar surface area (TPSA) is 72.9 Å². The second-order valence-electron chi connectivity index (χ2n) is 4.69. The van der Waals surface area contributed by atoms with Crippen LogP contribution in [0.4, 0.5) is 5.82 Å². The van der Waals surface area contributed by atoms with Gasteiger partial charge < -0.3 is 10.6 Å². The number of rotatable bonds is 1. The zero-order valence-electron chi connectivity index (χ0n) is 10.1. The highest BCUT2D eigenvalue weighted by Gasteiger charge is 2.25. The molecule has 0 saturated carbocycles. The van der Waals surface area contributed by atoms with Gasteiger partial charge in [0.25, 0.3) is 0 Å². The maximum absolute atomic E-state index is 5.88. The van der Waals surface area contributed by atoms with Crippen molar-refractivity contribution in [1.29, 1.82) is 0 Å². The molecular weight excluding hydrogens is 216 g/mol. The number of likely N-dealkylation sites (tertiary alicyclic amines) is 1. The predicted molar refractivity (Wildman–Crippen MR) is 65.6 cm³/mol. The fraction of sp³-hybridized carbons (Fsp3) is 0.545. The number of nitrogen functional groups attached to an aromatic ring is 1. The average molecular weight is 232 g/mol. The quantitative estimate of drug-likeness (QED) is 0.779. The van der Waals surface area contributed by atoms with Crippen molar-refractivity contribution in [3.8, 4) is 0 Å². The molecule has 3 heterocycles. The number of hydrogen-bond donors (Lipinski definition) is 1. The lowest BCUT2D eigenvalue weighted by Crippen LogP contribution is -2.17. The largest absolute Gasteiger partial charge is 0.383 e. The van der Waals surface area contributed by atoms with Crippen molar-refractivity contribution in [2.24, 2.45) is 0 Å². The number of nitrogens with zero attached hydrogens (tertiary/aromatic N) is 5. The van der Waals surface area contributed by atoms with E-state index >= 15 is 0 Å². The minimum absolute atomic E-state index is 0.394. The van der Waals surface area contributed by atoms with E-state index in [-0.39, 0.29) is 0 Å². The van der Waals surface area contributed by atoms with Gasteiger partial charge >= 0.3 is 0 Å². The van der Waals surface area contributed by atoms with Crippen molar-refractivity contribution < 1.29 is 0 Å². The van der Waals surface area contributed by atoms with Crippen LogP contribution in [0.5, 0.6) is 0 Å². The SMILES string of the molecule is Cc1nn(C2CCN(C)C2)c2ncnc(N)c12. The van der Waals surface area contributed by atoms with Gasteiger partial charge in [0.1, 0.15) is 12.1 Å². The smallest absolute Gasteiger partial charge is 0.163 e. The molecule has 1 aliphatic rings. The Labute approximate surface area is 99.4 Å². The lowest BCUT2D eigenvalue weighted by molar-refractivity contribution is 0.384. The molecule has 0 radical (unpaired) electrons. The Morgan fingerprint density at radius 1 is 1.41 bits per heavy atom. The summed E-state index contributed by atoms with van der Waals surface area (Å²) in [6.07, 6.45) is 2.62. The van der Waals surface area contributed by atoms with Gasteiger partial charge in [-0.3, -0.25) is 0 Å². The first-order valence-corrected chi connectivity index (χ1v) is 5.80. The van der Waals surface area contributed by atoms with Crippen molar-refractivity contribution in [2.75, 3.05) is 25.9 Å². The van der Waals surface area contributed by atoms with E-state index in [1.807, 2.05) is 11.6 Å². The average Bonchev–Trinajstić information content (AvgIpc) is 2.84. The third-order valence-corrected chi connectivity index (χ3v) is 3.41. The van der Waals surface area contributed by atoms with Crippen LogP contribution >= 0.6 is 0 Å². The Bertz CT molecular complexity index is 560. The molecule has 2 aromatic rings. The highest BCUT2D eigenvalue weighted by atomic mass is 15.4. The van der Waals surface area contributed by atoms with Crippen LogP contribution in [-0.2, 0) is 0 Å². The molecule has 3 rings (SSSR count). The summed E-state index contributed by atoms with van der Waals surface area (Å²) >= 11 is 0. The highest BCUT2D eigenvalue weighted by Crippen LogP contribution is 2.27. The monoisotopic (exact) mass is 232 g/mol. The van der Waals surface area contributed by atoms with E-state index in [2.05, 4.69) is 27.0 Å². The van der Waals surface area contributed by atoms with Crippen molar-refractivity contribution >= 4 is 16.9 Å². The van der Waals surface area contributed by atoms with Crippen LogP contribution in [0.2, 0.25) is 0 Å². The summed E-state index contributed by atoms with van der Waals surface area (Å²) in [7, 11) is 2.13. The summed E-state index contributed by atoms with van der Waals surface area (Å²) in [6, 6.07) is 0.394. The van der Waals surface area contributed by atoms with Crippen molar-refractivity contribution in [3.05, 3.63) is 12.0 Å². The zero-order valence-corrected chi connectivity index (χ0v) is 10.1. The zero-order chi connectivity index (χ0) is 12.0. The van der Waals surface area contributed by atoms with Crippen LogP contribution in [0.15, 0.2) is 6.33 Å². The maximum atomic E-state index is 5.88. The molecule has 1 saturated heterocycles. The third-order valence-electron chi connectivity index (χ3n) is 3.41. The van der Waals surface area contributed by atoms with Crippen molar-refractivity contribution in [1.82, 2.24) is 24.6 Å². The number of hydrogen-bond acceptors (Lipinski definition) is 5. The molecule has 0 bridgehead atoms. The van der Waals surface area contributed by atoms with Crippen LogP contribution in [0.1, 0.15) is 18.2 Å². The van der Waals surface area contributed by atoms with Crippen LogP contribution < -0.4 is 5.73 Å². The molecule has 1 atom stereocenters. The van der Waals surface area contributed by atoms with Gasteiger partial charge in [-0.15, -0.1) is 0 Å². The molecule has 0 aromatic carbocycles. The van der Waals surface area contributed by atoms with Crippen LogP contribution in [0, 0.1) is 6.92 Å². The van der Waals surface area contributed by atoms with Gasteiger partial charge in [-0.2, -0.15) is 5.10 Å². The Kier molecular flexibility index (Phi) is 2.25. The molecule has 90 valence electrons. The van der Waals surface area contributed by atoms with Crippen LogP contribution in [0.25, 0.3) is 11.0 Å². The lowest BCUT2D eigenvalue weighted by Gasteiger charge is -2.11. The van der Waals surface area contributed by atoms with Gasteiger partial charge in [-0.25, -0.2) is 14.6 Å². The molecule has 1 fully saturated rings. The normalized spacial score (nSPS) is 21.4. The van der Waals surface area contributed by atoms with Gasteiger partial charge in [0.2, 0.25) is 0 Å². The van der Waals surface area contributed by atoms with E-state index in [1.165, 1.54) is 6.33 Å². The van der Waals surface area contributed by atoms with Crippen molar-refractivity contribution in [3.63, 3.8) is 0 Å². The second kappa shape index (κ2) is 3.66. The van der Waals surface area contributed by atoms with E-state index in [0.717, 1.165) is 36.2 Å². The molecule has 6 heteroatoms. The van der Waals surface area contributed by atoms with E-state index in [9.17, 15) is 0 Å². The highest BCUT2D eigenvalue weighted by molar-refractivity contribution is 5.87. The summed E-state index contributed by atoms with van der Waals surface area (Å²) in [5.41, 5.74) is 7.65. The molecule has 0 spiro atoms. The molecule has 1 aliphatic heterocycles. The number of anilines is 1. The molecule has 2 aromatic heterocycles. The summed E-state index contributed by atoms with van der Waals surface area (Å²) < 4.78 is 2.01. The Hall–Kier alpha value is -1.69. The maximum Gasteiger partial charge on any atom is 0.163 e. The van der Waals surface area contributed by atoms with Crippen LogP contribution in [0.3, 0.4) is 0 Å². The minimum atomic E-state index is 0.394. The number of fused-ring (bicyclic) bond motifs is 1. The summed E-state index contributed by atoms with van der Waals surface area (Å²) in [6.45, 7) is 4.07. The number of aromatic nitrogens is 4. The Morgan fingerprint density at radius 3 is 2.94 bits per heavy atom. The molecule has 0 aliphatic carbocycles. The molecular formula is C11H16N6. The number of aryl methyl sites for hydroxylation is 1. The van der Waals surface area contributed by atoms with Gasteiger partial charge in [0.05, 0.1) is 17.1 Å². The Morgan fingerprint density at radius 2 is 2.24 bits per heavy atom. The van der Waals surface area contributed by atoms with Gasteiger partial charge in [-0.1, -0.05) is 0 Å². The number of likely N-dealkylation sites (N-methyl/N-ethyl adjacent to an activating group) is 1. The summed E-state index contributed by atoms with van der Waals surface area (Å²) in [5, 5.41) is 5.47. The molecule has 1 unspecified atom stereocenters. The molecule has 2 N–H and O–H groups in total. The standard InChI is InChI=1S/C11H16N6/c1-7-9-10(12)13-6-14-11(9)17(15-7)8-3-4-16(2)5-8/h6,8H,3-5H2,1-2H3,(H2,12,13,14). The first-order chi connectivity index (χ1) is 8.16. The first kappa shape index (κ1) is 10.5. The second-order valence-corrected chi connectivity index (χ2v) is 4.69. The fourth-order valence-corrected chi connectivity index (χ4v) is 2.54. The molecule has 17 heavy (non-hydrogen) atoms. The van der Waals surface area contributed by atoms with Gasteiger partial charge in [0, 0.05) is 13.1 Å². The minimum Gasteiger partial charge on any atom is -0.383 e. The number of nitrogens with two attached hydrogens (primary N) is 1. The summed E-state index contributed by atoms with van der Waals surface area (Å²) in [4.78, 5) is 10.7. The molecule has 6 nitrogen and oxygen atoms in total. The Balaban J connectivity index is 2.14.